The van der Waals surface area contributed by atoms with Gasteiger partial charge in [-0.2, -0.15) is 0 Å². The Labute approximate surface area is 227 Å². The highest BCUT2D eigenvalue weighted by Gasteiger charge is 2.34. The molecule has 0 heterocycles. The van der Waals surface area contributed by atoms with Crippen LogP contribution in [0, 0.1) is 11.6 Å². The van der Waals surface area contributed by atoms with Crippen molar-refractivity contribution in [1.29, 1.82) is 0 Å². The number of carboxylic acid groups (broad SMARTS) is 1. The first-order valence-corrected chi connectivity index (χ1v) is 13.4. The summed E-state index contributed by atoms with van der Waals surface area (Å²) in [6, 6.07) is 6.55. The molecular weight excluding hydrogens is 540 g/mol. The second kappa shape index (κ2) is 13.5. The topological polar surface area (TPSA) is 101 Å². The number of benzene rings is 2. The fourth-order valence-electron chi connectivity index (χ4n) is 3.88. The third-order valence-electron chi connectivity index (χ3n) is 5.81. The van der Waals surface area contributed by atoms with Gasteiger partial charge in [0.25, 0.3) is 11.8 Å². The number of rotatable bonds is 10. The number of ether oxygens (including phenoxy) is 1. The minimum Gasteiger partial charge on any atom is -0.478 e. The lowest BCUT2D eigenvalue weighted by Crippen LogP contribution is -2.40. The zero-order valence-corrected chi connectivity index (χ0v) is 22.2. The summed E-state index contributed by atoms with van der Waals surface area (Å²) in [5.74, 6) is -5.83. The maximum Gasteiger partial charge on any atom is 0.332 e. The molecule has 0 atom stereocenters. The fourth-order valence-corrected chi connectivity index (χ4v) is 4.95. The summed E-state index contributed by atoms with van der Waals surface area (Å²) in [5, 5.41) is 9.57. The molecule has 0 bridgehead atoms. The first kappa shape index (κ1) is 29.3. The number of carbonyl (C=O) groups is 4. The highest BCUT2D eigenvalue weighted by molar-refractivity contribution is 8.00. The van der Waals surface area contributed by atoms with Crippen molar-refractivity contribution in [2.24, 2.45) is 0 Å². The normalized spacial score (nSPS) is 13.3. The summed E-state index contributed by atoms with van der Waals surface area (Å²) in [5.41, 5.74) is -1.03. The van der Waals surface area contributed by atoms with Crippen molar-refractivity contribution in [3.63, 3.8) is 0 Å². The largest absolute Gasteiger partial charge is 0.478 e. The maximum atomic E-state index is 15.3. The number of carboxylic acids is 1. The van der Waals surface area contributed by atoms with Gasteiger partial charge in [0.15, 0.2) is 0 Å². The van der Waals surface area contributed by atoms with E-state index in [9.17, 15) is 28.7 Å². The van der Waals surface area contributed by atoms with E-state index < -0.39 is 41.1 Å². The van der Waals surface area contributed by atoms with E-state index in [2.05, 4.69) is 0 Å². The van der Waals surface area contributed by atoms with E-state index in [-0.39, 0.29) is 51.8 Å². The number of nitrogens with zero attached hydrogens (tertiary/aromatic N) is 1. The van der Waals surface area contributed by atoms with Crippen molar-refractivity contribution < 1.29 is 37.8 Å². The third kappa shape index (κ3) is 7.20. The van der Waals surface area contributed by atoms with Gasteiger partial charge < -0.3 is 9.84 Å². The number of anilines is 1. The minimum atomic E-state index is -1.30. The smallest absolute Gasteiger partial charge is 0.332 e. The standard InChI is InChI=1S/C27H26ClF2NO6S/c1-2-3-11-37-24(32)15-38-23-14-22(21(30)13-20(23)28)31(25(33)16-7-6-8-17(29)12-16)26(34)18-9-4-5-10-19(18)27(35)36/h6-8,12-14H,2-5,9-11,15H2,1H3,(H,35,36). The molecule has 0 saturated carbocycles. The Morgan fingerprint density at radius 1 is 1.05 bits per heavy atom. The van der Waals surface area contributed by atoms with Gasteiger partial charge in [0, 0.05) is 21.6 Å². The van der Waals surface area contributed by atoms with Gasteiger partial charge in [0.05, 0.1) is 23.1 Å². The van der Waals surface area contributed by atoms with Crippen LogP contribution in [0.25, 0.3) is 0 Å². The molecule has 3 rings (SSSR count). The number of hydrogen-bond acceptors (Lipinski definition) is 6. The van der Waals surface area contributed by atoms with Crippen LogP contribution in [0.4, 0.5) is 14.5 Å². The van der Waals surface area contributed by atoms with E-state index in [1.807, 2.05) is 6.92 Å². The minimum absolute atomic E-state index is 0.0636. The Kier molecular flexibility index (Phi) is 10.4. The van der Waals surface area contributed by atoms with Gasteiger partial charge in [-0.15, -0.1) is 11.8 Å². The first-order valence-electron chi connectivity index (χ1n) is 12.0. The maximum absolute atomic E-state index is 15.3. The first-order chi connectivity index (χ1) is 18.1. The zero-order valence-electron chi connectivity index (χ0n) is 20.6. The molecule has 0 fully saturated rings. The van der Waals surface area contributed by atoms with Crippen LogP contribution in [0.3, 0.4) is 0 Å². The van der Waals surface area contributed by atoms with E-state index in [1.54, 1.807) is 0 Å². The molecule has 7 nitrogen and oxygen atoms in total. The van der Waals surface area contributed by atoms with Crippen molar-refractivity contribution in [1.82, 2.24) is 0 Å². The van der Waals surface area contributed by atoms with E-state index in [0.717, 1.165) is 42.4 Å². The van der Waals surface area contributed by atoms with E-state index in [0.29, 0.717) is 24.2 Å². The lowest BCUT2D eigenvalue weighted by atomic mass is 9.90. The molecule has 0 radical (unpaired) electrons. The molecule has 202 valence electrons. The quantitative estimate of drug-likeness (QED) is 0.159. The van der Waals surface area contributed by atoms with Crippen LogP contribution in [0.1, 0.15) is 55.8 Å². The van der Waals surface area contributed by atoms with E-state index in [4.69, 9.17) is 16.3 Å². The van der Waals surface area contributed by atoms with Gasteiger partial charge in [-0.3, -0.25) is 14.4 Å². The highest BCUT2D eigenvalue weighted by Crippen LogP contribution is 2.36. The molecule has 2 aromatic carbocycles. The average molecular weight is 566 g/mol. The summed E-state index contributed by atoms with van der Waals surface area (Å²) in [6.07, 6.45) is 2.78. The van der Waals surface area contributed by atoms with Crippen LogP contribution < -0.4 is 4.90 Å². The van der Waals surface area contributed by atoms with Crippen molar-refractivity contribution in [3.05, 3.63) is 69.8 Å². The second-order valence-corrected chi connectivity index (χ2v) is 9.95. The predicted octanol–water partition coefficient (Wildman–Crippen LogP) is 6.18. The van der Waals surface area contributed by atoms with Gasteiger partial charge >= 0.3 is 11.9 Å². The van der Waals surface area contributed by atoms with Gasteiger partial charge in [0.1, 0.15) is 11.6 Å². The Morgan fingerprint density at radius 3 is 2.42 bits per heavy atom. The lowest BCUT2D eigenvalue weighted by Gasteiger charge is -2.26. The number of esters is 1. The number of aliphatic carboxylic acids is 1. The zero-order chi connectivity index (χ0) is 27.8. The fraction of sp³-hybridized carbons (Fsp3) is 0.333. The molecule has 0 spiro atoms. The molecule has 11 heteroatoms. The van der Waals surface area contributed by atoms with E-state index in [1.165, 1.54) is 12.1 Å². The van der Waals surface area contributed by atoms with Crippen LogP contribution in [-0.4, -0.2) is 41.2 Å². The lowest BCUT2D eigenvalue weighted by molar-refractivity contribution is -0.140. The summed E-state index contributed by atoms with van der Waals surface area (Å²) >= 11 is 7.12. The average Bonchev–Trinajstić information content (AvgIpc) is 2.89. The highest BCUT2D eigenvalue weighted by atomic mass is 35.5. The molecule has 2 aromatic rings. The molecule has 0 aromatic heterocycles. The molecule has 1 N–H and O–H groups in total. The Bertz CT molecular complexity index is 1280. The van der Waals surface area contributed by atoms with Gasteiger partial charge in [-0.25, -0.2) is 18.5 Å². The van der Waals surface area contributed by atoms with Crippen molar-refractivity contribution in [3.8, 4) is 0 Å². The molecular formula is C27H26ClF2NO6S. The number of imide groups is 1. The van der Waals surface area contributed by atoms with Crippen LogP contribution in [0.5, 0.6) is 0 Å². The molecule has 1 aliphatic carbocycles. The number of halogens is 3. The molecule has 0 aliphatic heterocycles. The van der Waals surface area contributed by atoms with Gasteiger partial charge in [-0.1, -0.05) is 31.0 Å². The van der Waals surface area contributed by atoms with E-state index >= 15 is 4.39 Å². The number of unbranched alkanes of at least 4 members (excludes halogenated alkanes) is 1. The third-order valence-corrected chi connectivity index (χ3v) is 7.26. The molecule has 2 amide bonds. The van der Waals surface area contributed by atoms with Crippen LogP contribution in [0.15, 0.2) is 52.4 Å². The summed E-state index contributed by atoms with van der Waals surface area (Å²) < 4.78 is 34.3. The van der Waals surface area contributed by atoms with Crippen LogP contribution >= 0.6 is 23.4 Å². The molecule has 0 unspecified atom stereocenters. The Morgan fingerprint density at radius 2 is 1.76 bits per heavy atom. The number of hydrogen-bond donors (Lipinski definition) is 1. The molecule has 1 aliphatic rings. The number of carbonyl (C=O) groups excluding carboxylic acids is 3. The molecule has 38 heavy (non-hydrogen) atoms. The van der Waals surface area contributed by atoms with Gasteiger partial charge in [-0.05, 0) is 62.4 Å². The van der Waals surface area contributed by atoms with Crippen molar-refractivity contribution in [2.75, 3.05) is 17.3 Å². The predicted molar refractivity (Wildman–Crippen MR) is 139 cm³/mol. The van der Waals surface area contributed by atoms with Gasteiger partial charge in [0.2, 0.25) is 0 Å². The second-order valence-electron chi connectivity index (χ2n) is 8.52. The SMILES string of the molecule is CCCCOC(=O)CSc1cc(N(C(=O)C2=C(C(=O)O)CCCC2)C(=O)c2cccc(F)c2)c(F)cc1Cl. The summed E-state index contributed by atoms with van der Waals surface area (Å²) in [7, 11) is 0. The summed E-state index contributed by atoms with van der Waals surface area (Å²) in [6.45, 7) is 2.20. The Balaban J connectivity index is 2.06. The Hall–Kier alpha value is -3.24. The monoisotopic (exact) mass is 565 g/mol. The number of amides is 2. The van der Waals surface area contributed by atoms with Crippen molar-refractivity contribution >= 4 is 52.8 Å². The van der Waals surface area contributed by atoms with Crippen molar-refractivity contribution in [2.45, 2.75) is 50.3 Å². The number of thioether (sulfide) groups is 1. The van der Waals surface area contributed by atoms with Crippen LogP contribution in [0.2, 0.25) is 5.02 Å². The van der Waals surface area contributed by atoms with Crippen LogP contribution in [-0.2, 0) is 19.1 Å². The molecule has 0 saturated heterocycles. The summed E-state index contributed by atoms with van der Waals surface area (Å²) in [4.78, 5) is 51.8.